The van der Waals surface area contributed by atoms with Crippen LogP contribution in [0.2, 0.25) is 0 Å². The van der Waals surface area contributed by atoms with Crippen molar-refractivity contribution in [2.75, 3.05) is 23.8 Å². The summed E-state index contributed by atoms with van der Waals surface area (Å²) < 4.78 is 12.7. The number of rotatable bonds is 4. The maximum Gasteiger partial charge on any atom is 0.244 e. The van der Waals surface area contributed by atoms with Gasteiger partial charge in [0.05, 0.1) is 0 Å². The molecule has 1 aliphatic rings. The van der Waals surface area contributed by atoms with E-state index in [1.54, 1.807) is 18.2 Å². The number of carbonyl (C=O) groups excluding carboxylic acids is 1. The highest BCUT2D eigenvalue weighted by Crippen LogP contribution is 2.23. The van der Waals surface area contributed by atoms with Crippen molar-refractivity contribution >= 4 is 35.5 Å². The van der Waals surface area contributed by atoms with E-state index in [2.05, 4.69) is 5.32 Å². The Balaban J connectivity index is 1.75. The highest BCUT2D eigenvalue weighted by atomic mass is 32.2. The molecule has 19 heavy (non-hydrogen) atoms. The van der Waals surface area contributed by atoms with Crippen LogP contribution >= 0.6 is 23.5 Å². The van der Waals surface area contributed by atoms with Gasteiger partial charge < -0.3 is 5.32 Å². The molecule has 0 bridgehead atoms. The van der Waals surface area contributed by atoms with Gasteiger partial charge in [-0.05, 0) is 23.8 Å². The Labute approximate surface area is 121 Å². The maximum absolute atomic E-state index is 12.7. The summed E-state index contributed by atoms with van der Waals surface area (Å²) in [7, 11) is 0. The van der Waals surface area contributed by atoms with Crippen LogP contribution in [0.1, 0.15) is 5.56 Å². The standard InChI is InChI=1S/C14H16FNOS2/c15-12-4-1-11(2-5-12)3-6-14(17)16-9-13-10-18-7-8-19-13/h1-6,13H,7-10H2,(H,16,17)/b6-3+. The van der Waals surface area contributed by atoms with Gasteiger partial charge in [-0.25, -0.2) is 4.39 Å². The van der Waals surface area contributed by atoms with Gasteiger partial charge in [0, 0.05) is 35.1 Å². The van der Waals surface area contributed by atoms with E-state index in [1.807, 2.05) is 23.5 Å². The van der Waals surface area contributed by atoms with E-state index in [0.29, 0.717) is 11.8 Å². The summed E-state index contributed by atoms with van der Waals surface area (Å²) >= 11 is 3.86. The zero-order valence-corrected chi connectivity index (χ0v) is 12.1. The number of nitrogens with one attached hydrogen (secondary N) is 1. The van der Waals surface area contributed by atoms with E-state index in [-0.39, 0.29) is 11.7 Å². The van der Waals surface area contributed by atoms with Gasteiger partial charge >= 0.3 is 0 Å². The molecule has 102 valence electrons. The Bertz CT molecular complexity index is 441. The van der Waals surface area contributed by atoms with E-state index in [0.717, 1.165) is 17.1 Å². The Morgan fingerprint density at radius 3 is 2.84 bits per heavy atom. The predicted octanol–water partition coefficient (Wildman–Crippen LogP) is 2.80. The van der Waals surface area contributed by atoms with Crippen molar-refractivity contribution in [3.8, 4) is 0 Å². The fourth-order valence-corrected chi connectivity index (χ4v) is 4.29. The van der Waals surface area contributed by atoms with Gasteiger partial charge in [-0.2, -0.15) is 23.5 Å². The Morgan fingerprint density at radius 2 is 2.16 bits per heavy atom. The van der Waals surface area contributed by atoms with Gasteiger partial charge in [0.25, 0.3) is 0 Å². The van der Waals surface area contributed by atoms with Gasteiger partial charge in [0.15, 0.2) is 0 Å². The third-order valence-corrected chi connectivity index (χ3v) is 5.53. The number of thioether (sulfide) groups is 2. The molecule has 1 aliphatic heterocycles. The molecule has 0 aromatic heterocycles. The zero-order valence-electron chi connectivity index (χ0n) is 10.5. The molecular weight excluding hydrogens is 281 g/mol. The normalized spacial score (nSPS) is 19.5. The third kappa shape index (κ3) is 5.28. The van der Waals surface area contributed by atoms with Gasteiger partial charge in [-0.15, -0.1) is 0 Å². The molecule has 1 fully saturated rings. The Hall–Kier alpha value is -0.940. The molecule has 0 saturated carbocycles. The number of hydrogen-bond acceptors (Lipinski definition) is 3. The van der Waals surface area contributed by atoms with Crippen LogP contribution in [-0.2, 0) is 4.79 Å². The van der Waals surface area contributed by atoms with Crippen molar-refractivity contribution in [2.24, 2.45) is 0 Å². The third-order valence-electron chi connectivity index (χ3n) is 2.69. The molecule has 5 heteroatoms. The second-order valence-electron chi connectivity index (χ2n) is 4.20. The van der Waals surface area contributed by atoms with Gasteiger partial charge in [-0.3, -0.25) is 4.79 Å². The summed E-state index contributed by atoms with van der Waals surface area (Å²) in [5, 5.41) is 3.42. The molecular formula is C14H16FNOS2. The molecule has 0 radical (unpaired) electrons. The van der Waals surface area contributed by atoms with Crippen molar-refractivity contribution in [3.63, 3.8) is 0 Å². The van der Waals surface area contributed by atoms with Gasteiger partial charge in [0.2, 0.25) is 5.91 Å². The summed E-state index contributed by atoms with van der Waals surface area (Å²) in [6.45, 7) is 0.713. The lowest BCUT2D eigenvalue weighted by atomic mass is 10.2. The van der Waals surface area contributed by atoms with Crippen LogP contribution in [0.25, 0.3) is 6.08 Å². The Kier molecular flexibility index (Phi) is 5.79. The average Bonchev–Trinajstić information content (AvgIpc) is 2.45. The molecule has 0 aliphatic carbocycles. The number of carbonyl (C=O) groups is 1. The molecule has 1 N–H and O–H groups in total. The molecule has 1 amide bonds. The topological polar surface area (TPSA) is 29.1 Å². The molecule has 2 rings (SSSR count). The minimum absolute atomic E-state index is 0.0968. The summed E-state index contributed by atoms with van der Waals surface area (Å²) in [4.78, 5) is 11.6. The van der Waals surface area contributed by atoms with Crippen LogP contribution in [-0.4, -0.2) is 35.0 Å². The van der Waals surface area contributed by atoms with E-state index in [9.17, 15) is 9.18 Å². The number of halogens is 1. The van der Waals surface area contributed by atoms with Crippen LogP contribution in [0.4, 0.5) is 4.39 Å². The van der Waals surface area contributed by atoms with E-state index < -0.39 is 0 Å². The molecule has 1 aromatic rings. The lowest BCUT2D eigenvalue weighted by Crippen LogP contribution is -2.32. The first-order valence-electron chi connectivity index (χ1n) is 6.15. The lowest BCUT2D eigenvalue weighted by molar-refractivity contribution is -0.116. The molecule has 1 aromatic carbocycles. The second kappa shape index (κ2) is 7.60. The van der Waals surface area contributed by atoms with Crippen LogP contribution in [0.5, 0.6) is 0 Å². The van der Waals surface area contributed by atoms with Gasteiger partial charge in [0.1, 0.15) is 5.82 Å². The van der Waals surface area contributed by atoms with Crippen molar-refractivity contribution in [1.82, 2.24) is 5.32 Å². The fraction of sp³-hybridized carbons (Fsp3) is 0.357. The first-order valence-corrected chi connectivity index (χ1v) is 8.35. The van der Waals surface area contributed by atoms with Gasteiger partial charge in [-0.1, -0.05) is 12.1 Å². The van der Waals surface area contributed by atoms with Crippen LogP contribution < -0.4 is 5.32 Å². The molecule has 1 saturated heterocycles. The quantitative estimate of drug-likeness (QED) is 0.867. The van der Waals surface area contributed by atoms with Crippen molar-refractivity contribution < 1.29 is 9.18 Å². The minimum atomic E-state index is -0.270. The lowest BCUT2D eigenvalue weighted by Gasteiger charge is -2.20. The van der Waals surface area contributed by atoms with Crippen molar-refractivity contribution in [3.05, 3.63) is 41.7 Å². The molecule has 1 unspecified atom stereocenters. The largest absolute Gasteiger partial charge is 0.351 e. The first kappa shape index (κ1) is 14.5. The smallest absolute Gasteiger partial charge is 0.244 e. The summed E-state index contributed by atoms with van der Waals surface area (Å²) in [5.41, 5.74) is 0.819. The van der Waals surface area contributed by atoms with Crippen molar-refractivity contribution in [1.29, 1.82) is 0 Å². The number of hydrogen-bond donors (Lipinski definition) is 1. The van der Waals surface area contributed by atoms with Crippen molar-refractivity contribution in [2.45, 2.75) is 5.25 Å². The zero-order chi connectivity index (χ0) is 13.5. The number of amides is 1. The highest BCUT2D eigenvalue weighted by Gasteiger charge is 2.14. The molecule has 1 atom stereocenters. The molecule has 2 nitrogen and oxygen atoms in total. The predicted molar refractivity (Wildman–Crippen MR) is 82.0 cm³/mol. The Morgan fingerprint density at radius 1 is 1.37 bits per heavy atom. The molecule has 1 heterocycles. The monoisotopic (exact) mass is 297 g/mol. The SMILES string of the molecule is O=C(/C=C/c1ccc(F)cc1)NCC1CSCCS1. The average molecular weight is 297 g/mol. The summed E-state index contributed by atoms with van der Waals surface area (Å²) in [5.74, 6) is 3.11. The highest BCUT2D eigenvalue weighted by molar-refractivity contribution is 8.06. The minimum Gasteiger partial charge on any atom is -0.351 e. The van der Waals surface area contributed by atoms with E-state index in [1.165, 1.54) is 24.0 Å². The first-order chi connectivity index (χ1) is 9.24. The summed E-state index contributed by atoms with van der Waals surface area (Å²) in [6.07, 6.45) is 3.19. The van der Waals surface area contributed by atoms with E-state index in [4.69, 9.17) is 0 Å². The number of benzene rings is 1. The molecule has 0 spiro atoms. The van der Waals surface area contributed by atoms with Crippen LogP contribution in [0.15, 0.2) is 30.3 Å². The second-order valence-corrected chi connectivity index (χ2v) is 6.76. The summed E-state index contributed by atoms with van der Waals surface area (Å²) in [6, 6.07) is 6.06. The maximum atomic E-state index is 12.7. The van der Waals surface area contributed by atoms with Crippen LogP contribution in [0, 0.1) is 5.82 Å². The fourth-order valence-electron chi connectivity index (χ4n) is 1.67. The van der Waals surface area contributed by atoms with Crippen LogP contribution in [0.3, 0.4) is 0 Å². The van der Waals surface area contributed by atoms with E-state index >= 15 is 0 Å².